The number of nitrogens with zero attached hydrogens (tertiary/aromatic N) is 4. The summed E-state index contributed by atoms with van der Waals surface area (Å²) < 4.78 is 26.7. The van der Waals surface area contributed by atoms with E-state index in [1.807, 2.05) is 31.4 Å². The van der Waals surface area contributed by atoms with Gasteiger partial charge in [-0.1, -0.05) is 38.1 Å². The third kappa shape index (κ3) is 5.98. The Labute approximate surface area is 200 Å². The van der Waals surface area contributed by atoms with Crippen molar-refractivity contribution < 1.29 is 8.42 Å². The fourth-order valence-corrected chi connectivity index (χ4v) is 5.62. The Morgan fingerprint density at radius 2 is 1.58 bits per heavy atom. The lowest BCUT2D eigenvalue weighted by molar-refractivity contribution is 0.445. The van der Waals surface area contributed by atoms with Crippen molar-refractivity contribution in [3.8, 4) is 11.3 Å². The molecule has 3 rings (SSSR count). The van der Waals surface area contributed by atoms with Crippen LogP contribution in [0.4, 0.5) is 10.8 Å². The zero-order valence-electron chi connectivity index (χ0n) is 19.5. The van der Waals surface area contributed by atoms with Gasteiger partial charge in [0.1, 0.15) is 0 Å². The molecule has 0 aliphatic carbocycles. The lowest BCUT2D eigenvalue weighted by Crippen LogP contribution is -2.30. The van der Waals surface area contributed by atoms with E-state index >= 15 is 0 Å². The summed E-state index contributed by atoms with van der Waals surface area (Å²) in [6, 6.07) is 15.1. The predicted molar refractivity (Wildman–Crippen MR) is 139 cm³/mol. The Balaban J connectivity index is 1.64. The summed E-state index contributed by atoms with van der Waals surface area (Å²) in [6.45, 7) is 10.8. The highest BCUT2D eigenvalue weighted by Crippen LogP contribution is 2.26. The minimum Gasteiger partial charge on any atom is -0.372 e. The first-order valence-corrected chi connectivity index (χ1v) is 13.4. The van der Waals surface area contributed by atoms with Gasteiger partial charge >= 0.3 is 0 Å². The molecule has 0 aliphatic rings. The number of thiazole rings is 1. The van der Waals surface area contributed by atoms with E-state index in [0.717, 1.165) is 29.9 Å². The summed E-state index contributed by atoms with van der Waals surface area (Å²) in [5, 5.41) is 6.88. The number of anilines is 2. The van der Waals surface area contributed by atoms with Crippen molar-refractivity contribution in [1.82, 2.24) is 9.29 Å². The van der Waals surface area contributed by atoms with Gasteiger partial charge in [-0.15, -0.1) is 11.3 Å². The topological polar surface area (TPSA) is 77.9 Å². The highest BCUT2D eigenvalue weighted by Gasteiger charge is 2.21. The molecule has 33 heavy (non-hydrogen) atoms. The second-order valence-electron chi connectivity index (χ2n) is 7.29. The van der Waals surface area contributed by atoms with Crippen molar-refractivity contribution in [1.29, 1.82) is 0 Å². The Hall–Kier alpha value is -2.75. The van der Waals surface area contributed by atoms with E-state index in [0.29, 0.717) is 23.1 Å². The summed E-state index contributed by atoms with van der Waals surface area (Å²) in [7, 11) is -3.46. The second kappa shape index (κ2) is 11.4. The van der Waals surface area contributed by atoms with Gasteiger partial charge in [0.15, 0.2) is 0 Å². The Morgan fingerprint density at radius 3 is 2.15 bits per heavy atom. The SMILES string of the molecule is CCN(CC)c1ccc(C=NNc2nc(-c3ccc(S(=O)(=O)N(CC)CC)cc3)cs2)cc1. The van der Waals surface area contributed by atoms with E-state index in [2.05, 4.69) is 46.4 Å². The molecule has 0 unspecified atom stereocenters. The number of hydrogen-bond donors (Lipinski definition) is 1. The molecule has 0 saturated heterocycles. The van der Waals surface area contributed by atoms with Gasteiger partial charge in [-0.05, 0) is 43.7 Å². The van der Waals surface area contributed by atoms with Crippen LogP contribution in [0.2, 0.25) is 0 Å². The van der Waals surface area contributed by atoms with Gasteiger partial charge < -0.3 is 4.90 Å². The lowest BCUT2D eigenvalue weighted by Gasteiger charge is -2.20. The molecule has 7 nitrogen and oxygen atoms in total. The first kappa shape index (κ1) is 24.9. The van der Waals surface area contributed by atoms with Gasteiger partial charge in [-0.2, -0.15) is 9.41 Å². The van der Waals surface area contributed by atoms with Crippen molar-refractivity contribution >= 4 is 38.4 Å². The molecule has 1 heterocycles. The average Bonchev–Trinajstić information content (AvgIpc) is 3.30. The Kier molecular flexibility index (Phi) is 8.60. The molecule has 0 atom stereocenters. The van der Waals surface area contributed by atoms with E-state index in [9.17, 15) is 8.42 Å². The quantitative estimate of drug-likeness (QED) is 0.301. The van der Waals surface area contributed by atoms with Crippen molar-refractivity contribution in [2.75, 3.05) is 36.5 Å². The van der Waals surface area contributed by atoms with Crippen LogP contribution in [0.25, 0.3) is 11.3 Å². The molecule has 3 aromatic rings. The molecular weight excluding hydrogens is 454 g/mol. The van der Waals surface area contributed by atoms with Gasteiger partial charge in [0, 0.05) is 42.8 Å². The van der Waals surface area contributed by atoms with Crippen LogP contribution in [0.5, 0.6) is 0 Å². The van der Waals surface area contributed by atoms with Crippen molar-refractivity contribution in [3.05, 3.63) is 59.5 Å². The summed E-state index contributed by atoms with van der Waals surface area (Å²) in [5.74, 6) is 0. The normalized spacial score (nSPS) is 11.9. The molecule has 1 N–H and O–H groups in total. The summed E-state index contributed by atoms with van der Waals surface area (Å²) in [5.41, 5.74) is 6.80. The standard InChI is InChI=1S/C24H31N5O2S2/c1-5-28(6-2)21-13-9-19(10-14-21)17-25-27-24-26-23(18-32-24)20-11-15-22(16-12-20)33(30,31)29(7-3)8-4/h9-18H,5-8H2,1-4H3,(H,26,27). The number of sulfonamides is 1. The van der Waals surface area contributed by atoms with Gasteiger partial charge in [-0.25, -0.2) is 13.4 Å². The largest absolute Gasteiger partial charge is 0.372 e. The Bertz CT molecular complexity index is 1150. The molecular formula is C24H31N5O2S2. The zero-order chi connectivity index (χ0) is 23.8. The van der Waals surface area contributed by atoms with E-state index in [1.54, 1.807) is 30.5 Å². The molecule has 1 aromatic heterocycles. The minimum atomic E-state index is -3.46. The predicted octanol–water partition coefficient (Wildman–Crippen LogP) is 5.13. The van der Waals surface area contributed by atoms with Crippen LogP contribution in [0.3, 0.4) is 0 Å². The molecule has 0 aliphatic heterocycles. The van der Waals surface area contributed by atoms with E-state index in [4.69, 9.17) is 0 Å². The van der Waals surface area contributed by atoms with Crippen LogP contribution < -0.4 is 10.3 Å². The first-order chi connectivity index (χ1) is 15.9. The molecule has 176 valence electrons. The van der Waals surface area contributed by atoms with Crippen LogP contribution in [0, 0.1) is 0 Å². The molecule has 0 bridgehead atoms. The third-order valence-corrected chi connectivity index (χ3v) is 8.20. The van der Waals surface area contributed by atoms with Crippen LogP contribution in [-0.4, -0.2) is 50.1 Å². The van der Waals surface area contributed by atoms with Gasteiger partial charge in [0.05, 0.1) is 16.8 Å². The first-order valence-electron chi connectivity index (χ1n) is 11.1. The van der Waals surface area contributed by atoms with Crippen molar-refractivity contribution in [2.45, 2.75) is 32.6 Å². The number of hydrazone groups is 1. The summed E-state index contributed by atoms with van der Waals surface area (Å²) in [6.07, 6.45) is 1.76. The fraction of sp³-hybridized carbons (Fsp3) is 0.333. The molecule has 0 saturated carbocycles. The molecule has 0 radical (unpaired) electrons. The number of nitrogens with one attached hydrogen (secondary N) is 1. The van der Waals surface area contributed by atoms with Crippen LogP contribution in [-0.2, 0) is 10.0 Å². The fourth-order valence-electron chi connectivity index (χ4n) is 3.49. The monoisotopic (exact) mass is 485 g/mol. The number of rotatable bonds is 11. The maximum Gasteiger partial charge on any atom is 0.243 e. The van der Waals surface area contributed by atoms with Crippen LogP contribution in [0.1, 0.15) is 33.3 Å². The maximum absolute atomic E-state index is 12.6. The zero-order valence-corrected chi connectivity index (χ0v) is 21.2. The molecule has 0 spiro atoms. The molecule has 2 aromatic carbocycles. The molecule has 0 fully saturated rings. The van der Waals surface area contributed by atoms with E-state index in [1.165, 1.54) is 21.3 Å². The Morgan fingerprint density at radius 1 is 0.939 bits per heavy atom. The van der Waals surface area contributed by atoms with Gasteiger partial charge in [0.25, 0.3) is 0 Å². The third-order valence-electron chi connectivity index (χ3n) is 5.39. The van der Waals surface area contributed by atoms with E-state index in [-0.39, 0.29) is 0 Å². The second-order valence-corrected chi connectivity index (χ2v) is 10.1. The summed E-state index contributed by atoms with van der Waals surface area (Å²) >= 11 is 1.44. The molecule has 0 amide bonds. The average molecular weight is 486 g/mol. The summed E-state index contributed by atoms with van der Waals surface area (Å²) in [4.78, 5) is 7.14. The molecule has 9 heteroatoms. The van der Waals surface area contributed by atoms with Crippen LogP contribution >= 0.6 is 11.3 Å². The number of aromatic nitrogens is 1. The minimum absolute atomic E-state index is 0.292. The van der Waals surface area contributed by atoms with Crippen molar-refractivity contribution in [2.24, 2.45) is 5.10 Å². The van der Waals surface area contributed by atoms with E-state index < -0.39 is 10.0 Å². The van der Waals surface area contributed by atoms with Gasteiger partial charge in [-0.3, -0.25) is 5.43 Å². The van der Waals surface area contributed by atoms with Gasteiger partial charge in [0.2, 0.25) is 15.2 Å². The lowest BCUT2D eigenvalue weighted by atomic mass is 10.2. The highest BCUT2D eigenvalue weighted by atomic mass is 32.2. The van der Waals surface area contributed by atoms with Crippen LogP contribution in [0.15, 0.2) is 63.9 Å². The maximum atomic E-state index is 12.6. The highest BCUT2D eigenvalue weighted by molar-refractivity contribution is 7.89. The number of benzene rings is 2. The number of hydrogen-bond acceptors (Lipinski definition) is 7. The van der Waals surface area contributed by atoms with Crippen molar-refractivity contribution in [3.63, 3.8) is 0 Å². The smallest absolute Gasteiger partial charge is 0.243 e.